The molecule has 2 rings (SSSR count). The predicted octanol–water partition coefficient (Wildman–Crippen LogP) is 2.06. The number of aliphatic imine (C=N–C) groups is 1. The minimum atomic E-state index is -0.722. The van der Waals surface area contributed by atoms with E-state index in [-0.39, 0.29) is 17.4 Å². The van der Waals surface area contributed by atoms with Crippen LogP contribution in [0.25, 0.3) is 0 Å². The lowest BCUT2D eigenvalue weighted by molar-refractivity contribution is 0.0715. The molecule has 23 heavy (non-hydrogen) atoms. The Morgan fingerprint density at radius 3 is 2.78 bits per heavy atom. The topological polar surface area (TPSA) is 76.9 Å². The van der Waals surface area contributed by atoms with Crippen LogP contribution in [0, 0.1) is 5.82 Å². The van der Waals surface area contributed by atoms with Crippen molar-refractivity contribution in [3.8, 4) is 11.8 Å². The number of nitrogens with zero attached hydrogens (tertiary/aromatic N) is 4. The number of rotatable bonds is 5. The number of carbonyl (C=O) groups is 1. The van der Waals surface area contributed by atoms with E-state index in [1.165, 1.54) is 19.5 Å². The van der Waals surface area contributed by atoms with Crippen LogP contribution in [0.15, 0.2) is 35.5 Å². The molecule has 0 N–H and O–H groups in total. The minimum absolute atomic E-state index is 0.210. The molecule has 1 heterocycles. The van der Waals surface area contributed by atoms with Crippen LogP contribution in [-0.4, -0.2) is 48.4 Å². The van der Waals surface area contributed by atoms with Crippen LogP contribution < -0.4 is 9.47 Å². The van der Waals surface area contributed by atoms with Gasteiger partial charge in [0.25, 0.3) is 0 Å². The van der Waals surface area contributed by atoms with E-state index in [1.54, 1.807) is 37.2 Å². The summed E-state index contributed by atoms with van der Waals surface area (Å²) in [7, 11) is 4.89. The average molecular weight is 318 g/mol. The lowest BCUT2D eigenvalue weighted by atomic mass is 10.2. The molecule has 0 bridgehead atoms. The Balaban J connectivity index is 2.23. The first-order valence-electron chi connectivity index (χ1n) is 6.59. The zero-order chi connectivity index (χ0) is 16.8. The third kappa shape index (κ3) is 4.22. The summed E-state index contributed by atoms with van der Waals surface area (Å²) in [6, 6.07) is 6.24. The van der Waals surface area contributed by atoms with Gasteiger partial charge in [0.2, 0.25) is 0 Å². The Morgan fingerprint density at radius 2 is 2.09 bits per heavy atom. The van der Waals surface area contributed by atoms with Gasteiger partial charge < -0.3 is 14.4 Å². The van der Waals surface area contributed by atoms with Crippen molar-refractivity contribution in [2.75, 3.05) is 21.2 Å². The summed E-state index contributed by atoms with van der Waals surface area (Å²) in [6.45, 7) is 0. The zero-order valence-electron chi connectivity index (χ0n) is 12.9. The number of aromatic nitrogens is 2. The van der Waals surface area contributed by atoms with Crippen molar-refractivity contribution in [3.05, 3.63) is 41.8 Å². The molecule has 0 saturated heterocycles. The largest absolute Gasteiger partial charge is 0.496 e. The van der Waals surface area contributed by atoms with E-state index in [4.69, 9.17) is 9.47 Å². The maximum atomic E-state index is 13.6. The standard InChI is InChI=1S/C15H15FN4O3/c1-20(2)9-18-13-11(16)8-17-15(19-13)23-14(21)10-6-4-5-7-12(10)22-3/h4-9H,1-3H3. The van der Waals surface area contributed by atoms with Crippen LogP contribution in [0.5, 0.6) is 11.8 Å². The van der Waals surface area contributed by atoms with Crippen LogP contribution in [0.2, 0.25) is 0 Å². The van der Waals surface area contributed by atoms with Crippen LogP contribution >= 0.6 is 0 Å². The van der Waals surface area contributed by atoms with Crippen molar-refractivity contribution in [1.29, 1.82) is 0 Å². The zero-order valence-corrected chi connectivity index (χ0v) is 12.9. The summed E-state index contributed by atoms with van der Waals surface area (Å²) in [5, 5.41) is 0. The second kappa shape index (κ2) is 7.30. The Morgan fingerprint density at radius 1 is 1.35 bits per heavy atom. The van der Waals surface area contributed by atoms with E-state index in [2.05, 4.69) is 15.0 Å². The number of hydrogen-bond acceptors (Lipinski definition) is 6. The fraction of sp³-hybridized carbons (Fsp3) is 0.200. The molecule has 0 aliphatic carbocycles. The number of para-hydroxylation sites is 1. The van der Waals surface area contributed by atoms with E-state index < -0.39 is 11.8 Å². The number of methoxy groups -OCH3 is 1. The first-order valence-corrected chi connectivity index (χ1v) is 6.59. The maximum Gasteiger partial charge on any atom is 0.349 e. The van der Waals surface area contributed by atoms with Gasteiger partial charge in [-0.15, -0.1) is 0 Å². The highest BCUT2D eigenvalue weighted by atomic mass is 19.1. The quantitative estimate of drug-likeness (QED) is 0.477. The molecule has 0 fully saturated rings. The summed E-state index contributed by atoms with van der Waals surface area (Å²) in [5.41, 5.74) is 0.210. The Kier molecular flexibility index (Phi) is 5.19. The highest BCUT2D eigenvalue weighted by molar-refractivity contribution is 5.93. The highest BCUT2D eigenvalue weighted by Gasteiger charge is 2.16. The van der Waals surface area contributed by atoms with Crippen molar-refractivity contribution in [3.63, 3.8) is 0 Å². The molecule has 0 aliphatic heterocycles. The van der Waals surface area contributed by atoms with Gasteiger partial charge in [-0.2, -0.15) is 4.98 Å². The number of esters is 1. The summed E-state index contributed by atoms with van der Waals surface area (Å²) in [6.07, 6.45) is 2.26. The third-order valence-electron chi connectivity index (χ3n) is 2.63. The van der Waals surface area contributed by atoms with Crippen molar-refractivity contribution in [2.24, 2.45) is 4.99 Å². The van der Waals surface area contributed by atoms with E-state index in [1.807, 2.05) is 0 Å². The van der Waals surface area contributed by atoms with Crippen molar-refractivity contribution < 1.29 is 18.7 Å². The first-order chi connectivity index (χ1) is 11.0. The Labute approximate surface area is 132 Å². The van der Waals surface area contributed by atoms with Gasteiger partial charge in [-0.1, -0.05) is 12.1 Å². The fourth-order valence-electron chi connectivity index (χ4n) is 1.60. The first kappa shape index (κ1) is 16.3. The number of benzene rings is 1. The molecule has 0 aliphatic rings. The maximum absolute atomic E-state index is 13.6. The number of halogens is 1. The van der Waals surface area contributed by atoms with Crippen LogP contribution in [0.3, 0.4) is 0 Å². The summed E-state index contributed by atoms with van der Waals surface area (Å²) >= 11 is 0. The van der Waals surface area contributed by atoms with E-state index in [0.717, 1.165) is 6.20 Å². The van der Waals surface area contributed by atoms with Crippen molar-refractivity contribution in [1.82, 2.24) is 14.9 Å². The minimum Gasteiger partial charge on any atom is -0.496 e. The van der Waals surface area contributed by atoms with Gasteiger partial charge in [-0.25, -0.2) is 19.2 Å². The Hall–Kier alpha value is -3.03. The molecule has 2 aromatic rings. The molecular weight excluding hydrogens is 303 g/mol. The molecule has 1 aromatic carbocycles. The molecule has 7 nitrogen and oxygen atoms in total. The summed E-state index contributed by atoms with van der Waals surface area (Å²) in [4.78, 5) is 25.0. The molecule has 0 radical (unpaired) electrons. The molecule has 0 saturated carbocycles. The van der Waals surface area contributed by atoms with Crippen LogP contribution in [-0.2, 0) is 0 Å². The molecule has 0 spiro atoms. The van der Waals surface area contributed by atoms with Gasteiger partial charge in [0.1, 0.15) is 11.3 Å². The lowest BCUT2D eigenvalue weighted by Crippen LogP contribution is -2.12. The summed E-state index contributed by atoms with van der Waals surface area (Å²) < 4.78 is 23.7. The average Bonchev–Trinajstić information content (AvgIpc) is 2.55. The Bertz CT molecular complexity index is 734. The van der Waals surface area contributed by atoms with Gasteiger partial charge >= 0.3 is 12.0 Å². The molecule has 8 heteroatoms. The normalized spacial score (nSPS) is 10.6. The van der Waals surface area contributed by atoms with Gasteiger partial charge in [-0.05, 0) is 12.1 Å². The molecule has 0 atom stereocenters. The van der Waals surface area contributed by atoms with E-state index in [0.29, 0.717) is 5.75 Å². The number of ether oxygens (including phenoxy) is 2. The molecule has 0 unspecified atom stereocenters. The van der Waals surface area contributed by atoms with Crippen molar-refractivity contribution in [2.45, 2.75) is 0 Å². The number of hydrogen-bond donors (Lipinski definition) is 0. The smallest absolute Gasteiger partial charge is 0.349 e. The number of carbonyl (C=O) groups excluding carboxylic acids is 1. The molecule has 0 amide bonds. The van der Waals surface area contributed by atoms with E-state index in [9.17, 15) is 9.18 Å². The SMILES string of the molecule is COc1ccccc1C(=O)Oc1ncc(F)c(N=CN(C)C)n1. The fourth-order valence-corrected chi connectivity index (χ4v) is 1.60. The van der Waals surface area contributed by atoms with Gasteiger partial charge in [0.15, 0.2) is 11.6 Å². The summed E-state index contributed by atoms with van der Waals surface area (Å²) in [5.74, 6) is -1.31. The molecule has 120 valence electrons. The van der Waals surface area contributed by atoms with Crippen LogP contribution in [0.4, 0.5) is 10.2 Å². The van der Waals surface area contributed by atoms with Gasteiger partial charge in [0, 0.05) is 14.1 Å². The molecule has 1 aromatic heterocycles. The van der Waals surface area contributed by atoms with Crippen molar-refractivity contribution >= 4 is 18.1 Å². The lowest BCUT2D eigenvalue weighted by Gasteiger charge is -2.07. The second-order valence-corrected chi connectivity index (χ2v) is 4.62. The monoisotopic (exact) mass is 318 g/mol. The third-order valence-corrected chi connectivity index (χ3v) is 2.63. The van der Waals surface area contributed by atoms with E-state index >= 15 is 0 Å². The molecular formula is C15H15FN4O3. The van der Waals surface area contributed by atoms with Gasteiger partial charge in [-0.3, -0.25) is 0 Å². The second-order valence-electron chi connectivity index (χ2n) is 4.62. The highest BCUT2D eigenvalue weighted by Crippen LogP contribution is 2.20. The van der Waals surface area contributed by atoms with Gasteiger partial charge in [0.05, 0.1) is 19.6 Å². The van der Waals surface area contributed by atoms with Crippen LogP contribution in [0.1, 0.15) is 10.4 Å². The predicted molar refractivity (Wildman–Crippen MR) is 81.8 cm³/mol.